The van der Waals surface area contributed by atoms with Crippen molar-refractivity contribution in [2.75, 3.05) is 12.4 Å². The first-order valence-electron chi connectivity index (χ1n) is 6.95. The van der Waals surface area contributed by atoms with E-state index in [4.69, 9.17) is 11.6 Å². The molecule has 2 fully saturated rings. The Balaban J connectivity index is 1.76. The van der Waals surface area contributed by atoms with Crippen LogP contribution in [0.15, 0.2) is 18.2 Å². The van der Waals surface area contributed by atoms with Crippen LogP contribution in [0.25, 0.3) is 0 Å². The first kappa shape index (κ1) is 12.8. The maximum absolute atomic E-state index is 11.7. The summed E-state index contributed by atoms with van der Waals surface area (Å²) in [6.45, 7) is 0. The number of nitrogens with one attached hydrogen (secondary N) is 2. The van der Waals surface area contributed by atoms with Gasteiger partial charge in [0.05, 0.1) is 10.6 Å². The number of hydrogen-bond donors (Lipinski definition) is 2. The highest BCUT2D eigenvalue weighted by Crippen LogP contribution is 2.45. The Labute approximate surface area is 118 Å². The van der Waals surface area contributed by atoms with Gasteiger partial charge in [0.2, 0.25) is 0 Å². The summed E-state index contributed by atoms with van der Waals surface area (Å²) in [5, 5.41) is 6.70. The van der Waals surface area contributed by atoms with Crippen LogP contribution < -0.4 is 10.6 Å². The summed E-state index contributed by atoms with van der Waals surface area (Å²) >= 11 is 6.06. The number of hydrogen-bond acceptors (Lipinski definition) is 2. The van der Waals surface area contributed by atoms with Gasteiger partial charge in [0.1, 0.15) is 0 Å². The molecule has 2 aliphatic carbocycles. The van der Waals surface area contributed by atoms with Gasteiger partial charge in [-0.1, -0.05) is 18.0 Å². The van der Waals surface area contributed by atoms with Gasteiger partial charge < -0.3 is 10.6 Å². The molecule has 3 rings (SSSR count). The molecule has 19 heavy (non-hydrogen) atoms. The average molecular weight is 279 g/mol. The fraction of sp³-hybridized carbons (Fsp3) is 0.533. The summed E-state index contributed by atoms with van der Waals surface area (Å²) in [5.41, 5.74) is 1.54. The van der Waals surface area contributed by atoms with E-state index >= 15 is 0 Å². The highest BCUT2D eigenvalue weighted by atomic mass is 35.5. The van der Waals surface area contributed by atoms with Crippen LogP contribution >= 0.6 is 11.6 Å². The number of carbonyl (C=O) groups is 1. The predicted octanol–water partition coefficient (Wildman–Crippen LogP) is 3.30. The molecule has 3 unspecified atom stereocenters. The molecule has 0 radical (unpaired) electrons. The minimum atomic E-state index is -0.137. The zero-order valence-electron chi connectivity index (χ0n) is 11.1. The number of amides is 1. The minimum Gasteiger partial charge on any atom is -0.382 e. The van der Waals surface area contributed by atoms with Crippen LogP contribution in [-0.2, 0) is 0 Å². The van der Waals surface area contributed by atoms with Gasteiger partial charge in [-0.2, -0.15) is 0 Å². The van der Waals surface area contributed by atoms with Crippen molar-refractivity contribution in [3.8, 4) is 0 Å². The lowest BCUT2D eigenvalue weighted by Crippen LogP contribution is -2.26. The van der Waals surface area contributed by atoms with Crippen LogP contribution in [0, 0.1) is 11.8 Å². The van der Waals surface area contributed by atoms with E-state index < -0.39 is 0 Å². The summed E-state index contributed by atoms with van der Waals surface area (Å²) in [6, 6.07) is 6.17. The Hall–Kier alpha value is -1.22. The van der Waals surface area contributed by atoms with Gasteiger partial charge in [0.25, 0.3) is 5.91 Å². The van der Waals surface area contributed by atoms with E-state index in [1.807, 2.05) is 12.1 Å². The predicted molar refractivity (Wildman–Crippen MR) is 77.7 cm³/mol. The minimum absolute atomic E-state index is 0.137. The van der Waals surface area contributed by atoms with Gasteiger partial charge in [0, 0.05) is 18.8 Å². The van der Waals surface area contributed by atoms with E-state index in [1.165, 1.54) is 25.7 Å². The topological polar surface area (TPSA) is 41.1 Å². The summed E-state index contributed by atoms with van der Waals surface area (Å²) in [5.74, 6) is 1.58. The van der Waals surface area contributed by atoms with Crippen LogP contribution in [-0.4, -0.2) is 19.0 Å². The number of halogens is 1. The Bertz CT molecular complexity index is 503. The molecule has 0 aromatic heterocycles. The Kier molecular flexibility index (Phi) is 3.40. The Morgan fingerprint density at radius 1 is 1.32 bits per heavy atom. The molecule has 0 spiro atoms. The Morgan fingerprint density at radius 3 is 2.79 bits per heavy atom. The fourth-order valence-corrected chi connectivity index (χ4v) is 3.76. The summed E-state index contributed by atoms with van der Waals surface area (Å²) in [6.07, 6.45) is 5.38. The summed E-state index contributed by atoms with van der Waals surface area (Å²) in [4.78, 5) is 11.7. The van der Waals surface area contributed by atoms with Crippen molar-refractivity contribution in [3.05, 3.63) is 28.8 Å². The smallest absolute Gasteiger partial charge is 0.252 e. The van der Waals surface area contributed by atoms with E-state index in [0.29, 0.717) is 16.6 Å². The van der Waals surface area contributed by atoms with Crippen molar-refractivity contribution in [3.63, 3.8) is 0 Å². The quantitative estimate of drug-likeness (QED) is 0.891. The van der Waals surface area contributed by atoms with Gasteiger partial charge in [-0.15, -0.1) is 0 Å². The molecule has 2 N–H and O–H groups in total. The molecular formula is C15H19ClN2O. The molecule has 1 aromatic carbocycles. The van der Waals surface area contributed by atoms with Gasteiger partial charge in [0.15, 0.2) is 0 Å². The van der Waals surface area contributed by atoms with Gasteiger partial charge in [-0.3, -0.25) is 4.79 Å². The molecule has 1 amide bonds. The van der Waals surface area contributed by atoms with Crippen molar-refractivity contribution in [2.24, 2.45) is 11.8 Å². The summed E-state index contributed by atoms with van der Waals surface area (Å²) < 4.78 is 0. The maximum atomic E-state index is 11.7. The average Bonchev–Trinajstić information content (AvgIpc) is 3.02. The van der Waals surface area contributed by atoms with Crippen molar-refractivity contribution in [1.82, 2.24) is 5.32 Å². The monoisotopic (exact) mass is 278 g/mol. The van der Waals surface area contributed by atoms with E-state index in [9.17, 15) is 4.79 Å². The van der Waals surface area contributed by atoms with Gasteiger partial charge in [-0.25, -0.2) is 0 Å². The third kappa shape index (κ3) is 2.44. The molecule has 2 bridgehead atoms. The maximum Gasteiger partial charge on any atom is 0.252 e. The highest BCUT2D eigenvalue weighted by Gasteiger charge is 2.39. The second-order valence-corrected chi connectivity index (χ2v) is 6.11. The Morgan fingerprint density at radius 2 is 2.16 bits per heavy atom. The molecule has 2 saturated carbocycles. The fourth-order valence-electron chi connectivity index (χ4n) is 3.56. The lowest BCUT2D eigenvalue weighted by molar-refractivity contribution is 0.0963. The van der Waals surface area contributed by atoms with E-state index in [0.717, 1.165) is 17.5 Å². The lowest BCUT2D eigenvalue weighted by atomic mass is 9.95. The van der Waals surface area contributed by atoms with Crippen molar-refractivity contribution in [2.45, 2.75) is 31.7 Å². The van der Waals surface area contributed by atoms with Crippen molar-refractivity contribution in [1.29, 1.82) is 0 Å². The van der Waals surface area contributed by atoms with Crippen molar-refractivity contribution >= 4 is 23.2 Å². The zero-order valence-corrected chi connectivity index (χ0v) is 11.8. The lowest BCUT2D eigenvalue weighted by Gasteiger charge is -2.24. The molecule has 0 aliphatic heterocycles. The first-order chi connectivity index (χ1) is 9.17. The molecule has 3 nitrogen and oxygen atoms in total. The molecular weight excluding hydrogens is 260 g/mol. The normalized spacial score (nSPS) is 28.4. The number of fused-ring (bicyclic) bond motifs is 2. The second kappa shape index (κ2) is 5.04. The molecule has 3 atom stereocenters. The van der Waals surface area contributed by atoms with Crippen LogP contribution in [0.4, 0.5) is 5.69 Å². The molecule has 4 heteroatoms. The standard InChI is InChI=1S/C15H19ClN2O/c1-17-15(19)12-8-11(4-5-13(12)16)18-14-7-9-2-3-10(14)6-9/h4-5,8-10,14,18H,2-3,6-7H2,1H3,(H,17,19). The highest BCUT2D eigenvalue weighted by molar-refractivity contribution is 6.34. The molecule has 0 heterocycles. The molecule has 0 saturated heterocycles. The number of anilines is 1. The molecule has 102 valence electrons. The van der Waals surface area contributed by atoms with Crippen LogP contribution in [0.1, 0.15) is 36.0 Å². The van der Waals surface area contributed by atoms with Crippen LogP contribution in [0.2, 0.25) is 5.02 Å². The number of carbonyl (C=O) groups excluding carboxylic acids is 1. The van der Waals surface area contributed by atoms with Gasteiger partial charge >= 0.3 is 0 Å². The van der Waals surface area contributed by atoms with Crippen LogP contribution in [0.3, 0.4) is 0 Å². The van der Waals surface area contributed by atoms with Crippen LogP contribution in [0.5, 0.6) is 0 Å². The first-order valence-corrected chi connectivity index (χ1v) is 7.33. The van der Waals surface area contributed by atoms with E-state index in [-0.39, 0.29) is 5.91 Å². The van der Waals surface area contributed by atoms with E-state index in [2.05, 4.69) is 10.6 Å². The van der Waals surface area contributed by atoms with Crippen molar-refractivity contribution < 1.29 is 4.79 Å². The molecule has 2 aliphatic rings. The zero-order chi connectivity index (χ0) is 13.4. The van der Waals surface area contributed by atoms with Gasteiger partial charge in [-0.05, 0) is 49.3 Å². The van der Waals surface area contributed by atoms with E-state index in [1.54, 1.807) is 13.1 Å². The number of rotatable bonds is 3. The number of benzene rings is 1. The SMILES string of the molecule is CNC(=O)c1cc(NC2CC3CCC2C3)ccc1Cl. The molecule has 1 aromatic rings. The largest absolute Gasteiger partial charge is 0.382 e. The second-order valence-electron chi connectivity index (χ2n) is 5.70. The third-order valence-electron chi connectivity index (χ3n) is 4.53. The third-order valence-corrected chi connectivity index (χ3v) is 4.86. The summed E-state index contributed by atoms with van der Waals surface area (Å²) in [7, 11) is 1.62.